The first-order valence-corrected chi connectivity index (χ1v) is 7.26. The zero-order valence-corrected chi connectivity index (χ0v) is 12.9. The predicted octanol–water partition coefficient (Wildman–Crippen LogP) is 5.42. The maximum absolute atomic E-state index is 3.77. The van der Waals surface area contributed by atoms with Gasteiger partial charge in [-0.05, 0) is 34.4 Å². The van der Waals surface area contributed by atoms with Gasteiger partial charge in [0, 0.05) is 4.47 Å². The number of halogens is 3. The molecule has 0 heterocycles. The SMILES string of the molecule is Brc1ccc2c(c1)C(Br)(Br)c1ccccc1-2. The lowest BCUT2D eigenvalue weighted by Gasteiger charge is -2.16. The van der Waals surface area contributed by atoms with E-state index in [1.807, 2.05) is 0 Å². The third kappa shape index (κ3) is 1.45. The van der Waals surface area contributed by atoms with Gasteiger partial charge in [0.15, 0.2) is 0 Å². The van der Waals surface area contributed by atoms with Gasteiger partial charge in [-0.3, -0.25) is 0 Å². The molecule has 0 saturated heterocycles. The van der Waals surface area contributed by atoms with Crippen molar-refractivity contribution in [2.75, 3.05) is 0 Å². The second-order valence-electron chi connectivity index (χ2n) is 3.81. The molecule has 0 fully saturated rings. The van der Waals surface area contributed by atoms with Crippen molar-refractivity contribution in [2.24, 2.45) is 0 Å². The molecule has 16 heavy (non-hydrogen) atoms. The van der Waals surface area contributed by atoms with Gasteiger partial charge in [0.05, 0.1) is 0 Å². The van der Waals surface area contributed by atoms with E-state index in [2.05, 4.69) is 90.3 Å². The van der Waals surface area contributed by atoms with E-state index in [-0.39, 0.29) is 3.23 Å². The van der Waals surface area contributed by atoms with Gasteiger partial charge >= 0.3 is 0 Å². The van der Waals surface area contributed by atoms with Gasteiger partial charge in [-0.25, -0.2) is 0 Å². The molecule has 0 nitrogen and oxygen atoms in total. The molecule has 80 valence electrons. The first kappa shape index (κ1) is 11.0. The molecule has 0 bridgehead atoms. The molecule has 0 aliphatic heterocycles. The minimum Gasteiger partial charge on any atom is -0.0620 e. The summed E-state index contributed by atoms with van der Waals surface area (Å²) >= 11 is 11.1. The van der Waals surface area contributed by atoms with E-state index in [1.165, 1.54) is 22.3 Å². The fraction of sp³-hybridized carbons (Fsp3) is 0.0769. The number of alkyl halides is 2. The molecule has 0 unspecified atom stereocenters. The van der Waals surface area contributed by atoms with Gasteiger partial charge in [-0.2, -0.15) is 0 Å². The average Bonchev–Trinajstić information content (AvgIpc) is 2.49. The van der Waals surface area contributed by atoms with Crippen LogP contribution in [0.15, 0.2) is 46.9 Å². The van der Waals surface area contributed by atoms with Gasteiger partial charge in [-0.15, -0.1) is 0 Å². The van der Waals surface area contributed by atoms with Crippen LogP contribution in [0, 0.1) is 0 Å². The first-order valence-electron chi connectivity index (χ1n) is 4.88. The molecule has 0 aromatic heterocycles. The third-order valence-electron chi connectivity index (χ3n) is 2.88. The summed E-state index contributed by atoms with van der Waals surface area (Å²) in [6.45, 7) is 0. The molecule has 0 N–H and O–H groups in total. The highest BCUT2D eigenvalue weighted by atomic mass is 79.9. The Labute approximate surface area is 119 Å². The Hall–Kier alpha value is -0.120. The lowest BCUT2D eigenvalue weighted by Crippen LogP contribution is -2.05. The van der Waals surface area contributed by atoms with Crippen molar-refractivity contribution in [2.45, 2.75) is 3.23 Å². The number of hydrogen-bond acceptors (Lipinski definition) is 0. The van der Waals surface area contributed by atoms with Crippen LogP contribution in [0.4, 0.5) is 0 Å². The zero-order valence-electron chi connectivity index (χ0n) is 8.18. The zero-order chi connectivity index (χ0) is 11.3. The van der Waals surface area contributed by atoms with E-state index in [4.69, 9.17) is 0 Å². The number of hydrogen-bond donors (Lipinski definition) is 0. The molecule has 3 rings (SSSR count). The maximum atomic E-state index is 3.77. The van der Waals surface area contributed by atoms with E-state index in [9.17, 15) is 0 Å². The summed E-state index contributed by atoms with van der Waals surface area (Å²) in [6.07, 6.45) is 0. The fourth-order valence-electron chi connectivity index (χ4n) is 2.15. The molecular formula is C13H7Br3. The Morgan fingerprint density at radius 3 is 2.31 bits per heavy atom. The van der Waals surface area contributed by atoms with Crippen molar-refractivity contribution in [3.8, 4) is 11.1 Å². The third-order valence-corrected chi connectivity index (χ3v) is 5.08. The molecule has 2 aromatic rings. The second-order valence-corrected chi connectivity index (χ2v) is 8.17. The van der Waals surface area contributed by atoms with Crippen LogP contribution in [0.3, 0.4) is 0 Å². The Morgan fingerprint density at radius 1 is 0.812 bits per heavy atom. The van der Waals surface area contributed by atoms with Crippen LogP contribution in [0.5, 0.6) is 0 Å². The van der Waals surface area contributed by atoms with Crippen molar-refractivity contribution in [1.82, 2.24) is 0 Å². The molecule has 1 aliphatic rings. The summed E-state index contributed by atoms with van der Waals surface area (Å²) in [5.74, 6) is 0. The molecule has 0 amide bonds. The highest BCUT2D eigenvalue weighted by Gasteiger charge is 2.38. The molecule has 2 aromatic carbocycles. The van der Waals surface area contributed by atoms with E-state index < -0.39 is 0 Å². The molecule has 0 radical (unpaired) electrons. The van der Waals surface area contributed by atoms with Gasteiger partial charge < -0.3 is 0 Å². The van der Waals surface area contributed by atoms with Crippen LogP contribution in [-0.2, 0) is 3.23 Å². The van der Waals surface area contributed by atoms with Crippen LogP contribution in [0.2, 0.25) is 0 Å². The monoisotopic (exact) mass is 400 g/mol. The Kier molecular flexibility index (Phi) is 2.54. The van der Waals surface area contributed by atoms with Gasteiger partial charge in [0.1, 0.15) is 3.23 Å². The lowest BCUT2D eigenvalue weighted by molar-refractivity contribution is 1.17. The molecular weight excluding hydrogens is 396 g/mol. The molecule has 0 spiro atoms. The van der Waals surface area contributed by atoms with Crippen LogP contribution in [0.25, 0.3) is 11.1 Å². The van der Waals surface area contributed by atoms with E-state index in [1.54, 1.807) is 0 Å². The molecule has 0 saturated carbocycles. The fourth-order valence-corrected chi connectivity index (χ4v) is 3.86. The maximum Gasteiger partial charge on any atom is 0.131 e. The minimum atomic E-state index is -0.254. The first-order chi connectivity index (χ1) is 7.60. The highest BCUT2D eigenvalue weighted by molar-refractivity contribution is 9.25. The van der Waals surface area contributed by atoms with Gasteiger partial charge in [0.25, 0.3) is 0 Å². The van der Waals surface area contributed by atoms with E-state index >= 15 is 0 Å². The molecule has 0 atom stereocenters. The Bertz CT molecular complexity index is 573. The molecule has 3 heteroatoms. The van der Waals surface area contributed by atoms with Crippen molar-refractivity contribution < 1.29 is 0 Å². The number of rotatable bonds is 0. The quantitative estimate of drug-likeness (QED) is 0.516. The number of benzene rings is 2. The van der Waals surface area contributed by atoms with Crippen LogP contribution < -0.4 is 0 Å². The normalized spacial score (nSPS) is 15.7. The van der Waals surface area contributed by atoms with Crippen molar-refractivity contribution in [3.05, 3.63) is 58.1 Å². The average molecular weight is 403 g/mol. The van der Waals surface area contributed by atoms with Gasteiger partial charge in [0.2, 0.25) is 0 Å². The summed E-state index contributed by atoms with van der Waals surface area (Å²) in [7, 11) is 0. The Balaban J connectivity index is 2.39. The summed E-state index contributed by atoms with van der Waals surface area (Å²) in [5.41, 5.74) is 5.09. The summed E-state index contributed by atoms with van der Waals surface area (Å²) < 4.78 is 0.845. The standard InChI is InChI=1S/C13H7Br3/c14-8-5-6-10-9-3-1-2-4-11(9)13(15,16)12(10)7-8/h1-7H. The summed E-state index contributed by atoms with van der Waals surface area (Å²) in [6, 6.07) is 14.8. The van der Waals surface area contributed by atoms with Crippen LogP contribution >= 0.6 is 47.8 Å². The highest BCUT2D eigenvalue weighted by Crippen LogP contribution is 2.56. The van der Waals surface area contributed by atoms with Gasteiger partial charge in [-0.1, -0.05) is 78.1 Å². The van der Waals surface area contributed by atoms with Crippen molar-refractivity contribution in [1.29, 1.82) is 0 Å². The topological polar surface area (TPSA) is 0 Å². The van der Waals surface area contributed by atoms with Crippen molar-refractivity contribution >= 4 is 47.8 Å². The number of fused-ring (bicyclic) bond motifs is 3. The summed E-state index contributed by atoms with van der Waals surface area (Å²) in [5, 5.41) is 0. The molecule has 1 aliphatic carbocycles. The largest absolute Gasteiger partial charge is 0.131 e. The van der Waals surface area contributed by atoms with Crippen molar-refractivity contribution in [3.63, 3.8) is 0 Å². The van der Waals surface area contributed by atoms with Crippen LogP contribution in [-0.4, -0.2) is 0 Å². The lowest BCUT2D eigenvalue weighted by atomic mass is 10.1. The predicted molar refractivity (Wildman–Crippen MR) is 78.2 cm³/mol. The minimum absolute atomic E-state index is 0.254. The Morgan fingerprint density at radius 2 is 1.50 bits per heavy atom. The van der Waals surface area contributed by atoms with Crippen LogP contribution in [0.1, 0.15) is 11.1 Å². The smallest absolute Gasteiger partial charge is 0.0620 e. The summed E-state index contributed by atoms with van der Waals surface area (Å²) in [4.78, 5) is 0. The second kappa shape index (κ2) is 3.69. The van der Waals surface area contributed by atoms with E-state index in [0.29, 0.717) is 0 Å². The van der Waals surface area contributed by atoms with E-state index in [0.717, 1.165) is 4.47 Å².